The molecule has 8 heteroatoms. The first-order valence-electron chi connectivity index (χ1n) is 7.39. The van der Waals surface area contributed by atoms with Gasteiger partial charge in [-0.25, -0.2) is 9.78 Å². The molecule has 25 heavy (non-hydrogen) atoms. The quantitative estimate of drug-likeness (QED) is 0.692. The van der Waals surface area contributed by atoms with Gasteiger partial charge >= 0.3 is 11.9 Å². The number of hydrogen-bond acceptors (Lipinski definition) is 5. The van der Waals surface area contributed by atoms with E-state index in [1.54, 1.807) is 28.8 Å². The van der Waals surface area contributed by atoms with E-state index < -0.39 is 11.9 Å². The number of rotatable bonds is 5. The lowest BCUT2D eigenvalue weighted by Crippen LogP contribution is -2.00. The maximum absolute atomic E-state index is 11.1. The van der Waals surface area contributed by atoms with Crippen LogP contribution in [0.1, 0.15) is 21.6 Å². The number of pyridine rings is 1. The van der Waals surface area contributed by atoms with Gasteiger partial charge < -0.3 is 10.2 Å². The Labute approximate surface area is 142 Å². The van der Waals surface area contributed by atoms with Crippen LogP contribution in [0.25, 0.3) is 5.65 Å². The Kier molecular flexibility index (Phi) is 4.25. The maximum Gasteiger partial charge on any atom is 0.335 e. The minimum Gasteiger partial charge on any atom is -0.481 e. The molecule has 0 amide bonds. The van der Waals surface area contributed by atoms with Crippen molar-refractivity contribution < 1.29 is 19.8 Å². The molecule has 0 fully saturated rings. The van der Waals surface area contributed by atoms with E-state index in [1.165, 1.54) is 12.1 Å². The van der Waals surface area contributed by atoms with Crippen molar-refractivity contribution in [1.29, 1.82) is 0 Å². The summed E-state index contributed by atoms with van der Waals surface area (Å²) in [4.78, 5) is 26.5. The van der Waals surface area contributed by atoms with E-state index in [0.717, 1.165) is 5.56 Å². The number of nitrogens with zero attached hydrogens (tertiary/aromatic N) is 4. The smallest absolute Gasteiger partial charge is 0.335 e. The maximum atomic E-state index is 11.1. The van der Waals surface area contributed by atoms with Gasteiger partial charge in [-0.15, -0.1) is 10.2 Å². The zero-order valence-corrected chi connectivity index (χ0v) is 13.2. The van der Waals surface area contributed by atoms with Gasteiger partial charge in [-0.2, -0.15) is 0 Å². The molecule has 1 aromatic carbocycles. The van der Waals surface area contributed by atoms with Crippen LogP contribution in [0.3, 0.4) is 0 Å². The van der Waals surface area contributed by atoms with Gasteiger partial charge in [-0.05, 0) is 36.8 Å². The van der Waals surface area contributed by atoms with E-state index in [9.17, 15) is 9.59 Å². The summed E-state index contributed by atoms with van der Waals surface area (Å²) < 4.78 is 1.66. The van der Waals surface area contributed by atoms with Crippen LogP contribution in [0.4, 0.5) is 11.5 Å². The topological polar surface area (TPSA) is 117 Å². The third-order valence-corrected chi connectivity index (χ3v) is 3.56. The Hall–Kier alpha value is -3.55. The van der Waals surface area contributed by atoms with Crippen LogP contribution in [-0.2, 0) is 11.2 Å². The Morgan fingerprint density at radius 2 is 1.96 bits per heavy atom. The van der Waals surface area contributed by atoms with Crippen LogP contribution < -0.4 is 0 Å². The number of carbonyl (C=O) groups is 2. The number of aryl methyl sites for hydroxylation is 1. The highest BCUT2D eigenvalue weighted by Gasteiger charge is 2.16. The van der Waals surface area contributed by atoms with Crippen molar-refractivity contribution in [3.8, 4) is 0 Å². The third kappa shape index (κ3) is 3.37. The monoisotopic (exact) mass is 338 g/mol. The lowest BCUT2D eigenvalue weighted by atomic mass is 10.2. The first-order chi connectivity index (χ1) is 12.0. The predicted octanol–water partition coefficient (Wildman–Crippen LogP) is 3.38. The number of aromatic carboxylic acids is 1. The molecule has 0 bridgehead atoms. The number of aliphatic carboxylic acids is 1. The summed E-state index contributed by atoms with van der Waals surface area (Å²) in [6.07, 6.45) is 1.44. The first kappa shape index (κ1) is 16.3. The molecule has 2 heterocycles. The standard InChI is InChI=1S/C17H14N4O4/c1-10-4-3-7-21-15(10)18-13(9-14(22)23)16(21)20-19-12-6-2-5-11(8-12)17(24)25/h2-8H,9H2,1H3,(H,22,23)(H,24,25). The van der Waals surface area contributed by atoms with Crippen LogP contribution in [0.5, 0.6) is 0 Å². The molecule has 0 aliphatic heterocycles. The molecule has 3 aromatic rings. The van der Waals surface area contributed by atoms with Crippen LogP contribution in [0.2, 0.25) is 0 Å². The second kappa shape index (κ2) is 6.52. The second-order valence-corrected chi connectivity index (χ2v) is 5.39. The summed E-state index contributed by atoms with van der Waals surface area (Å²) in [5.74, 6) is -1.78. The number of benzene rings is 1. The van der Waals surface area contributed by atoms with Gasteiger partial charge in [0.05, 0.1) is 23.4 Å². The van der Waals surface area contributed by atoms with Crippen LogP contribution in [0.15, 0.2) is 52.8 Å². The van der Waals surface area contributed by atoms with Gasteiger partial charge in [-0.3, -0.25) is 9.20 Å². The van der Waals surface area contributed by atoms with E-state index in [1.807, 2.05) is 13.0 Å². The second-order valence-electron chi connectivity index (χ2n) is 5.39. The van der Waals surface area contributed by atoms with Crippen molar-refractivity contribution in [3.63, 3.8) is 0 Å². The minimum atomic E-state index is -1.06. The number of hydrogen-bond donors (Lipinski definition) is 2. The number of aromatic nitrogens is 2. The summed E-state index contributed by atoms with van der Waals surface area (Å²) in [5.41, 5.74) is 2.22. The number of azo groups is 1. The highest BCUT2D eigenvalue weighted by atomic mass is 16.4. The van der Waals surface area contributed by atoms with Crippen molar-refractivity contribution in [3.05, 3.63) is 59.4 Å². The Morgan fingerprint density at radius 3 is 2.68 bits per heavy atom. The average Bonchev–Trinajstić information content (AvgIpc) is 2.91. The molecule has 0 radical (unpaired) electrons. The molecule has 8 nitrogen and oxygen atoms in total. The van der Waals surface area contributed by atoms with Crippen molar-refractivity contribution >= 4 is 29.1 Å². The molecule has 2 aromatic heterocycles. The normalized spacial score (nSPS) is 11.2. The van der Waals surface area contributed by atoms with Gasteiger partial charge in [-0.1, -0.05) is 12.1 Å². The lowest BCUT2D eigenvalue weighted by Gasteiger charge is -1.99. The molecule has 0 aliphatic rings. The predicted molar refractivity (Wildman–Crippen MR) is 88.8 cm³/mol. The summed E-state index contributed by atoms with van der Waals surface area (Å²) >= 11 is 0. The molecule has 0 atom stereocenters. The van der Waals surface area contributed by atoms with Gasteiger partial charge in [0.15, 0.2) is 5.82 Å². The third-order valence-electron chi connectivity index (χ3n) is 3.56. The molecule has 3 rings (SSSR count). The van der Waals surface area contributed by atoms with Gasteiger partial charge in [0.1, 0.15) is 5.65 Å². The summed E-state index contributed by atoms with van der Waals surface area (Å²) in [5, 5.41) is 26.3. The largest absolute Gasteiger partial charge is 0.481 e. The SMILES string of the molecule is Cc1cccn2c(N=Nc3cccc(C(=O)O)c3)c(CC(=O)O)nc12. The molecule has 0 unspecified atom stereocenters. The van der Waals surface area contributed by atoms with Crippen LogP contribution in [-0.4, -0.2) is 31.5 Å². The number of fused-ring (bicyclic) bond motifs is 1. The molecular formula is C17H14N4O4. The van der Waals surface area contributed by atoms with Crippen molar-refractivity contribution in [2.24, 2.45) is 10.2 Å². The Balaban J connectivity index is 2.08. The minimum absolute atomic E-state index is 0.0937. The van der Waals surface area contributed by atoms with Crippen LogP contribution in [0, 0.1) is 6.92 Å². The highest BCUT2D eigenvalue weighted by molar-refractivity contribution is 5.88. The van der Waals surface area contributed by atoms with Gasteiger partial charge in [0, 0.05) is 6.20 Å². The number of imidazole rings is 1. The average molecular weight is 338 g/mol. The molecule has 0 saturated heterocycles. The molecule has 2 N–H and O–H groups in total. The fraction of sp³-hybridized carbons (Fsp3) is 0.118. The number of carboxylic acids is 2. The van der Waals surface area contributed by atoms with Crippen LogP contribution >= 0.6 is 0 Å². The zero-order chi connectivity index (χ0) is 18.0. The van der Waals surface area contributed by atoms with E-state index in [0.29, 0.717) is 22.8 Å². The summed E-state index contributed by atoms with van der Waals surface area (Å²) in [6, 6.07) is 9.69. The van der Waals surface area contributed by atoms with Crippen molar-refractivity contribution in [2.45, 2.75) is 13.3 Å². The Morgan fingerprint density at radius 1 is 1.16 bits per heavy atom. The lowest BCUT2D eigenvalue weighted by molar-refractivity contribution is -0.136. The van der Waals surface area contributed by atoms with Gasteiger partial charge in [0.2, 0.25) is 0 Å². The van der Waals surface area contributed by atoms with Crippen molar-refractivity contribution in [1.82, 2.24) is 9.38 Å². The molecule has 126 valence electrons. The number of carboxylic acid groups (broad SMARTS) is 2. The molecule has 0 saturated carbocycles. The molecule has 0 aliphatic carbocycles. The summed E-state index contributed by atoms with van der Waals surface area (Å²) in [7, 11) is 0. The zero-order valence-electron chi connectivity index (χ0n) is 13.2. The van der Waals surface area contributed by atoms with E-state index in [2.05, 4.69) is 15.2 Å². The summed E-state index contributed by atoms with van der Waals surface area (Å²) in [6.45, 7) is 1.87. The van der Waals surface area contributed by atoms with Crippen molar-refractivity contribution in [2.75, 3.05) is 0 Å². The van der Waals surface area contributed by atoms with Gasteiger partial charge in [0.25, 0.3) is 0 Å². The fourth-order valence-corrected chi connectivity index (χ4v) is 2.41. The van der Waals surface area contributed by atoms with E-state index in [4.69, 9.17) is 10.2 Å². The fourth-order valence-electron chi connectivity index (χ4n) is 2.41. The first-order valence-corrected chi connectivity index (χ1v) is 7.39. The highest BCUT2D eigenvalue weighted by Crippen LogP contribution is 2.26. The van der Waals surface area contributed by atoms with E-state index in [-0.39, 0.29) is 12.0 Å². The Bertz CT molecular complexity index is 1010. The van der Waals surface area contributed by atoms with E-state index >= 15 is 0 Å². The molecule has 0 spiro atoms. The molecular weight excluding hydrogens is 324 g/mol.